The van der Waals surface area contributed by atoms with Gasteiger partial charge in [-0.05, 0) is 20.9 Å². The molecule has 0 aromatic heterocycles. The molecule has 0 aromatic carbocycles. The Kier molecular flexibility index (Phi) is 3.06. The Morgan fingerprint density at radius 3 is 2.27 bits per heavy atom. The van der Waals surface area contributed by atoms with Crippen molar-refractivity contribution in [2.45, 2.75) is 33.2 Å². The largest absolute Gasteiger partial charge is 0.297 e. The zero-order valence-electron chi connectivity index (χ0n) is 10.1. The molecule has 1 nitrogen and oxygen atoms in total. The molecule has 86 valence electrons. The predicted octanol–water partition coefficient (Wildman–Crippen LogP) is 3.44. The van der Waals surface area contributed by atoms with Gasteiger partial charge in [-0.25, -0.2) is 0 Å². The third-order valence-corrected chi connectivity index (χ3v) is 3.21. The van der Waals surface area contributed by atoms with Crippen molar-refractivity contribution in [3.63, 3.8) is 0 Å². The zero-order valence-corrected chi connectivity index (χ0v) is 10.1. The third kappa shape index (κ3) is 2.46. The molecule has 0 aromatic rings. The van der Waals surface area contributed by atoms with Crippen molar-refractivity contribution in [2.24, 2.45) is 5.41 Å². The summed E-state index contributed by atoms with van der Waals surface area (Å²) >= 11 is 0. The van der Waals surface area contributed by atoms with E-state index in [2.05, 4.69) is 4.90 Å². The van der Waals surface area contributed by atoms with Gasteiger partial charge in [0.2, 0.25) is 0 Å². The molecule has 0 saturated carbocycles. The Morgan fingerprint density at radius 1 is 1.27 bits per heavy atom. The molecule has 0 unspecified atom stereocenters. The molecule has 1 rings (SSSR count). The molecule has 0 spiro atoms. The van der Waals surface area contributed by atoms with Crippen LogP contribution in [-0.2, 0) is 0 Å². The van der Waals surface area contributed by atoms with Gasteiger partial charge in [0.25, 0.3) is 6.08 Å². The molecule has 0 saturated heterocycles. The average Bonchev–Trinajstić information content (AvgIpc) is 2.07. The van der Waals surface area contributed by atoms with Crippen LogP contribution in [0.2, 0.25) is 0 Å². The molecular formula is C12H19F2N. The SMILES string of the molecule is CN1CC(C)(C)C(=C(F)F)C=CC1(C)C. The first-order chi connectivity index (χ1) is 6.67. The Morgan fingerprint density at radius 2 is 1.80 bits per heavy atom. The van der Waals surface area contributed by atoms with E-state index >= 15 is 0 Å². The van der Waals surface area contributed by atoms with Crippen LogP contribution >= 0.6 is 0 Å². The lowest BCUT2D eigenvalue weighted by Crippen LogP contribution is -2.43. The van der Waals surface area contributed by atoms with Crippen LogP contribution in [0, 0.1) is 5.41 Å². The van der Waals surface area contributed by atoms with Gasteiger partial charge < -0.3 is 0 Å². The fourth-order valence-corrected chi connectivity index (χ4v) is 1.84. The van der Waals surface area contributed by atoms with E-state index in [0.29, 0.717) is 6.54 Å². The fraction of sp³-hybridized carbons (Fsp3) is 0.667. The fourth-order valence-electron chi connectivity index (χ4n) is 1.84. The Hall–Kier alpha value is -0.700. The van der Waals surface area contributed by atoms with E-state index in [9.17, 15) is 8.78 Å². The summed E-state index contributed by atoms with van der Waals surface area (Å²) in [6.07, 6.45) is 1.84. The molecule has 0 bridgehead atoms. The summed E-state index contributed by atoms with van der Waals surface area (Å²) < 4.78 is 25.6. The normalized spacial score (nSPS) is 25.1. The van der Waals surface area contributed by atoms with E-state index in [-0.39, 0.29) is 11.1 Å². The summed E-state index contributed by atoms with van der Waals surface area (Å²) in [5, 5.41) is 0. The van der Waals surface area contributed by atoms with Crippen molar-refractivity contribution < 1.29 is 8.78 Å². The first-order valence-corrected chi connectivity index (χ1v) is 5.13. The lowest BCUT2D eigenvalue weighted by Gasteiger charge is -2.36. The van der Waals surface area contributed by atoms with Crippen LogP contribution in [-0.4, -0.2) is 24.0 Å². The van der Waals surface area contributed by atoms with Crippen molar-refractivity contribution >= 4 is 0 Å². The predicted molar refractivity (Wildman–Crippen MR) is 58.9 cm³/mol. The van der Waals surface area contributed by atoms with E-state index in [1.807, 2.05) is 40.8 Å². The zero-order chi connectivity index (χ0) is 11.9. The summed E-state index contributed by atoms with van der Waals surface area (Å²) in [5.74, 6) is 0. The topological polar surface area (TPSA) is 3.24 Å². The highest BCUT2D eigenvalue weighted by molar-refractivity contribution is 5.31. The molecule has 0 aliphatic carbocycles. The monoisotopic (exact) mass is 215 g/mol. The average molecular weight is 215 g/mol. The summed E-state index contributed by atoms with van der Waals surface area (Å²) in [7, 11) is 1.96. The van der Waals surface area contributed by atoms with Gasteiger partial charge in [-0.15, -0.1) is 0 Å². The number of halogens is 2. The van der Waals surface area contributed by atoms with Crippen LogP contribution in [0.25, 0.3) is 0 Å². The molecule has 1 aliphatic rings. The lowest BCUT2D eigenvalue weighted by atomic mass is 9.84. The first-order valence-electron chi connectivity index (χ1n) is 5.13. The molecule has 15 heavy (non-hydrogen) atoms. The van der Waals surface area contributed by atoms with Gasteiger partial charge in [-0.2, -0.15) is 8.78 Å². The van der Waals surface area contributed by atoms with Gasteiger partial charge >= 0.3 is 0 Å². The van der Waals surface area contributed by atoms with Crippen molar-refractivity contribution in [1.29, 1.82) is 0 Å². The summed E-state index contributed by atoms with van der Waals surface area (Å²) in [6, 6.07) is 0. The number of hydrogen-bond donors (Lipinski definition) is 0. The van der Waals surface area contributed by atoms with Crippen LogP contribution in [0.4, 0.5) is 8.78 Å². The number of hydrogen-bond acceptors (Lipinski definition) is 1. The minimum absolute atomic E-state index is 0.153. The van der Waals surface area contributed by atoms with Crippen LogP contribution in [0.5, 0.6) is 0 Å². The van der Waals surface area contributed by atoms with Gasteiger partial charge in [-0.1, -0.05) is 26.0 Å². The third-order valence-electron chi connectivity index (χ3n) is 3.21. The number of allylic oxidation sites excluding steroid dienone is 1. The quantitative estimate of drug-likeness (QED) is 0.598. The highest BCUT2D eigenvalue weighted by Crippen LogP contribution is 2.36. The maximum Gasteiger partial charge on any atom is 0.274 e. The maximum atomic E-state index is 12.8. The first kappa shape index (κ1) is 12.4. The van der Waals surface area contributed by atoms with Gasteiger partial charge in [-0.3, -0.25) is 4.90 Å². The van der Waals surface area contributed by atoms with Crippen LogP contribution in [0.3, 0.4) is 0 Å². The number of likely N-dealkylation sites (N-methyl/N-ethyl adjacent to an activating group) is 1. The second-order valence-electron chi connectivity index (χ2n) is 5.40. The Balaban J connectivity index is 3.20. The molecule has 0 radical (unpaired) electrons. The highest BCUT2D eigenvalue weighted by atomic mass is 19.3. The van der Waals surface area contributed by atoms with Crippen LogP contribution < -0.4 is 0 Å². The van der Waals surface area contributed by atoms with Crippen molar-refractivity contribution in [3.05, 3.63) is 23.8 Å². The van der Waals surface area contributed by atoms with E-state index < -0.39 is 11.5 Å². The highest BCUT2D eigenvalue weighted by Gasteiger charge is 2.34. The van der Waals surface area contributed by atoms with Crippen molar-refractivity contribution in [3.8, 4) is 0 Å². The van der Waals surface area contributed by atoms with Gasteiger partial charge in [0.05, 0.1) is 0 Å². The molecule has 1 aliphatic heterocycles. The molecule has 3 heteroatoms. The van der Waals surface area contributed by atoms with Gasteiger partial charge in [0.1, 0.15) is 0 Å². The van der Waals surface area contributed by atoms with Crippen molar-refractivity contribution in [2.75, 3.05) is 13.6 Å². The summed E-state index contributed by atoms with van der Waals surface area (Å²) in [6.45, 7) is 8.38. The molecule has 0 atom stereocenters. The standard InChI is InChI=1S/C12H19F2N/c1-11(2)8-15(5)12(3,4)7-6-9(11)10(13)14/h6-7H,8H2,1-5H3. The van der Waals surface area contributed by atoms with E-state index in [1.165, 1.54) is 0 Å². The van der Waals surface area contributed by atoms with E-state index in [0.717, 1.165) is 0 Å². The molecule has 1 heterocycles. The lowest BCUT2D eigenvalue weighted by molar-refractivity contribution is 0.157. The van der Waals surface area contributed by atoms with E-state index in [4.69, 9.17) is 0 Å². The molecule has 0 amide bonds. The minimum atomic E-state index is -1.57. The van der Waals surface area contributed by atoms with Crippen LogP contribution in [0.1, 0.15) is 27.7 Å². The van der Waals surface area contributed by atoms with Gasteiger partial charge in [0, 0.05) is 23.1 Å². The smallest absolute Gasteiger partial charge is 0.274 e. The maximum absolute atomic E-state index is 12.8. The molecule has 0 fully saturated rings. The van der Waals surface area contributed by atoms with Crippen molar-refractivity contribution in [1.82, 2.24) is 4.90 Å². The summed E-state index contributed by atoms with van der Waals surface area (Å²) in [5.41, 5.74) is -0.522. The molecular weight excluding hydrogens is 196 g/mol. The Bertz CT molecular complexity index is 310. The number of nitrogens with zero attached hydrogens (tertiary/aromatic N) is 1. The second-order valence-corrected chi connectivity index (χ2v) is 5.40. The Labute approximate surface area is 90.5 Å². The minimum Gasteiger partial charge on any atom is -0.297 e. The molecule has 0 N–H and O–H groups in total. The van der Waals surface area contributed by atoms with E-state index in [1.54, 1.807) is 6.08 Å². The van der Waals surface area contributed by atoms with Gasteiger partial charge in [0.15, 0.2) is 0 Å². The van der Waals surface area contributed by atoms with Crippen LogP contribution in [0.15, 0.2) is 23.8 Å². The number of rotatable bonds is 0. The summed E-state index contributed by atoms with van der Waals surface area (Å²) in [4.78, 5) is 2.10. The second kappa shape index (κ2) is 3.71.